The molecule has 4 aromatic rings. The van der Waals surface area contributed by atoms with Crippen molar-refractivity contribution in [3.8, 4) is 11.3 Å². The number of anilines is 1. The van der Waals surface area contributed by atoms with E-state index in [-0.39, 0.29) is 17.8 Å². The lowest BCUT2D eigenvalue weighted by Crippen LogP contribution is -2.43. The topological polar surface area (TPSA) is 90.6 Å². The second-order valence-corrected chi connectivity index (χ2v) is 10.2. The minimum absolute atomic E-state index is 0.108. The normalized spacial score (nSPS) is 20.1. The molecular weight excluding hydrogens is 504 g/mol. The summed E-state index contributed by atoms with van der Waals surface area (Å²) in [5, 5.41) is 9.08. The number of aromatic nitrogens is 5. The van der Waals surface area contributed by atoms with Gasteiger partial charge in [0.25, 0.3) is 0 Å². The first-order valence-electron chi connectivity index (χ1n) is 13.0. The van der Waals surface area contributed by atoms with Gasteiger partial charge in [-0.2, -0.15) is 10.1 Å². The molecule has 0 unspecified atom stereocenters. The molecule has 1 aromatic carbocycles. The summed E-state index contributed by atoms with van der Waals surface area (Å²) >= 11 is 0. The molecule has 0 N–H and O–H groups in total. The fourth-order valence-corrected chi connectivity index (χ4v) is 5.07. The molecule has 2 atom stereocenters. The van der Waals surface area contributed by atoms with Crippen LogP contribution in [0.3, 0.4) is 0 Å². The minimum Gasteiger partial charge on any atom is -0.399 e. The average Bonchev–Trinajstić information content (AvgIpc) is 3.63. The Labute approximate surface area is 224 Å². The van der Waals surface area contributed by atoms with Crippen LogP contribution in [0.1, 0.15) is 55.7 Å². The third-order valence-corrected chi connectivity index (χ3v) is 7.13. The van der Waals surface area contributed by atoms with E-state index in [0.29, 0.717) is 53.2 Å². The van der Waals surface area contributed by atoms with Gasteiger partial charge in [0.15, 0.2) is 5.65 Å². The highest BCUT2D eigenvalue weighted by molar-refractivity contribution is 6.03. The number of ether oxygens (including phenoxy) is 1. The monoisotopic (exact) mass is 533 g/mol. The summed E-state index contributed by atoms with van der Waals surface area (Å²) in [6, 6.07) is 5.77. The van der Waals surface area contributed by atoms with Gasteiger partial charge in [0.2, 0.25) is 5.95 Å². The molecule has 3 aromatic heterocycles. The molecule has 4 heterocycles. The Kier molecular flexibility index (Phi) is 6.46. The zero-order chi connectivity index (χ0) is 27.3. The van der Waals surface area contributed by atoms with E-state index < -0.39 is 11.6 Å². The van der Waals surface area contributed by atoms with Gasteiger partial charge in [0, 0.05) is 46.6 Å². The van der Waals surface area contributed by atoms with Crippen LogP contribution < -0.4 is 4.90 Å². The molecule has 1 aliphatic heterocycles. The number of hydrogen-bond acceptors (Lipinski definition) is 8. The molecule has 9 nitrogen and oxygen atoms in total. The Morgan fingerprint density at radius 3 is 2.69 bits per heavy atom. The van der Waals surface area contributed by atoms with Crippen LogP contribution in [-0.4, -0.2) is 56.7 Å². The Morgan fingerprint density at radius 2 is 1.95 bits per heavy atom. The summed E-state index contributed by atoms with van der Waals surface area (Å²) in [6.45, 7) is 6.69. The zero-order valence-electron chi connectivity index (χ0n) is 22.2. The van der Waals surface area contributed by atoms with Crippen molar-refractivity contribution in [2.24, 2.45) is 5.16 Å². The van der Waals surface area contributed by atoms with E-state index >= 15 is 4.39 Å². The van der Waals surface area contributed by atoms with Crippen LogP contribution in [-0.2, 0) is 9.57 Å². The fraction of sp³-hybridized carbons (Fsp3) is 0.393. The Morgan fingerprint density at radius 1 is 1.13 bits per heavy atom. The summed E-state index contributed by atoms with van der Waals surface area (Å²) in [6.07, 6.45) is 5.87. The summed E-state index contributed by atoms with van der Waals surface area (Å²) < 4.78 is 37.2. The molecule has 1 saturated carbocycles. The molecule has 0 bridgehead atoms. The lowest BCUT2D eigenvalue weighted by Gasteiger charge is -2.36. The van der Waals surface area contributed by atoms with Crippen LogP contribution in [0.2, 0.25) is 0 Å². The van der Waals surface area contributed by atoms with Gasteiger partial charge >= 0.3 is 0 Å². The van der Waals surface area contributed by atoms with Crippen LogP contribution in [0, 0.1) is 18.6 Å². The highest BCUT2D eigenvalue weighted by Crippen LogP contribution is 2.36. The first kappa shape index (κ1) is 25.3. The standard InChI is InChI=1S/C28H29F2N7O2/c1-15-12-36(14-25(39-15)18-11-31-37(13-18)20-6-7-20)28-33-26(21-8-5-19(29)9-24(21)30)23-10-22(17(3)35-38-4)16(2)32-27(23)34-28/h5,8-11,13,15,20,25H,6-7,12,14H2,1-4H3/b35-17+/t15-,25-/m1/s1. The van der Waals surface area contributed by atoms with Crippen LogP contribution in [0.15, 0.2) is 41.8 Å². The number of benzene rings is 1. The highest BCUT2D eigenvalue weighted by atomic mass is 19.1. The van der Waals surface area contributed by atoms with E-state index in [9.17, 15) is 4.39 Å². The quantitative estimate of drug-likeness (QED) is 0.250. The smallest absolute Gasteiger partial charge is 0.228 e. The van der Waals surface area contributed by atoms with Crippen LogP contribution in [0.5, 0.6) is 0 Å². The molecule has 0 radical (unpaired) electrons. The number of oxime groups is 1. The summed E-state index contributed by atoms with van der Waals surface area (Å²) in [5.74, 6) is -0.979. The van der Waals surface area contributed by atoms with Crippen molar-refractivity contribution in [3.63, 3.8) is 0 Å². The number of aryl methyl sites for hydroxylation is 1. The SMILES string of the molecule is CO/N=C(\C)c1cc2c(-c3ccc(F)cc3F)nc(N3C[C@@H](C)O[C@@H](c4cnn(C5CC5)c4)C3)nc2nc1C. The van der Waals surface area contributed by atoms with Crippen molar-refractivity contribution in [1.82, 2.24) is 24.7 Å². The van der Waals surface area contributed by atoms with Gasteiger partial charge in [-0.25, -0.2) is 18.7 Å². The maximum Gasteiger partial charge on any atom is 0.228 e. The predicted octanol–water partition coefficient (Wildman–Crippen LogP) is 5.15. The Bertz CT molecular complexity index is 1580. The maximum absolute atomic E-state index is 15.1. The molecule has 0 amide bonds. The number of halogens is 2. The van der Waals surface area contributed by atoms with Gasteiger partial charge < -0.3 is 14.5 Å². The van der Waals surface area contributed by atoms with Gasteiger partial charge in [0.1, 0.15) is 24.8 Å². The summed E-state index contributed by atoms with van der Waals surface area (Å²) in [7, 11) is 1.47. The first-order valence-corrected chi connectivity index (χ1v) is 13.0. The van der Waals surface area contributed by atoms with E-state index in [1.54, 1.807) is 6.92 Å². The number of nitrogens with zero attached hydrogens (tertiary/aromatic N) is 7. The Hall–Kier alpha value is -3.99. The summed E-state index contributed by atoms with van der Waals surface area (Å²) in [5.41, 5.74) is 3.90. The van der Waals surface area contributed by atoms with Crippen molar-refractivity contribution in [3.05, 3.63) is 65.1 Å². The summed E-state index contributed by atoms with van der Waals surface area (Å²) in [4.78, 5) is 21.4. The molecule has 2 aliphatic rings. The van der Waals surface area contributed by atoms with Crippen molar-refractivity contribution < 1.29 is 18.4 Å². The molecular formula is C28H29F2N7O2. The van der Waals surface area contributed by atoms with Crippen molar-refractivity contribution >= 4 is 22.7 Å². The van der Waals surface area contributed by atoms with Gasteiger partial charge in [-0.3, -0.25) is 4.68 Å². The lowest BCUT2D eigenvalue weighted by atomic mass is 10.0. The van der Waals surface area contributed by atoms with Gasteiger partial charge in [-0.05, 0) is 51.8 Å². The molecule has 202 valence electrons. The third-order valence-electron chi connectivity index (χ3n) is 7.13. The largest absolute Gasteiger partial charge is 0.399 e. The fourth-order valence-electron chi connectivity index (χ4n) is 5.07. The molecule has 1 saturated heterocycles. The van der Waals surface area contributed by atoms with Crippen molar-refractivity contribution in [2.75, 3.05) is 25.1 Å². The van der Waals surface area contributed by atoms with Gasteiger partial charge in [-0.1, -0.05) is 5.16 Å². The molecule has 6 rings (SSSR count). The number of fused-ring (bicyclic) bond motifs is 1. The number of rotatable bonds is 6. The van der Waals surface area contributed by atoms with E-state index in [1.165, 1.54) is 19.2 Å². The number of hydrogen-bond donors (Lipinski definition) is 0. The van der Waals surface area contributed by atoms with Crippen molar-refractivity contribution in [2.45, 2.75) is 51.9 Å². The van der Waals surface area contributed by atoms with Crippen molar-refractivity contribution in [1.29, 1.82) is 0 Å². The van der Waals surface area contributed by atoms with E-state index in [2.05, 4.69) is 16.5 Å². The average molecular weight is 534 g/mol. The molecule has 11 heteroatoms. The van der Waals surface area contributed by atoms with E-state index in [1.807, 2.05) is 35.7 Å². The van der Waals surface area contributed by atoms with E-state index in [0.717, 1.165) is 30.0 Å². The maximum atomic E-state index is 15.1. The Balaban J connectivity index is 1.46. The zero-order valence-corrected chi connectivity index (χ0v) is 22.2. The molecule has 1 aliphatic carbocycles. The molecule has 2 fully saturated rings. The number of morpholine rings is 1. The second kappa shape index (κ2) is 9.96. The lowest BCUT2D eigenvalue weighted by molar-refractivity contribution is -0.0178. The van der Waals surface area contributed by atoms with E-state index in [4.69, 9.17) is 24.5 Å². The first-order chi connectivity index (χ1) is 18.8. The van der Waals surface area contributed by atoms with Crippen LogP contribution in [0.4, 0.5) is 14.7 Å². The second-order valence-electron chi connectivity index (χ2n) is 10.2. The number of pyridine rings is 1. The molecule has 39 heavy (non-hydrogen) atoms. The van der Waals surface area contributed by atoms with Gasteiger partial charge in [0.05, 0.1) is 36.3 Å². The van der Waals surface area contributed by atoms with Crippen LogP contribution >= 0.6 is 0 Å². The third kappa shape index (κ3) is 4.94. The van der Waals surface area contributed by atoms with Gasteiger partial charge in [-0.15, -0.1) is 0 Å². The molecule has 0 spiro atoms. The highest BCUT2D eigenvalue weighted by Gasteiger charge is 2.32. The van der Waals surface area contributed by atoms with Crippen LogP contribution in [0.25, 0.3) is 22.3 Å². The predicted molar refractivity (Wildman–Crippen MR) is 143 cm³/mol. The minimum atomic E-state index is -0.717.